The van der Waals surface area contributed by atoms with Gasteiger partial charge in [0.2, 0.25) is 0 Å². The van der Waals surface area contributed by atoms with Crippen LogP contribution in [0.5, 0.6) is 0 Å². The van der Waals surface area contributed by atoms with Crippen LogP contribution in [0.4, 0.5) is 0 Å². The molecule has 0 amide bonds. The third kappa shape index (κ3) is 3.27. The lowest BCUT2D eigenvalue weighted by Crippen LogP contribution is -1.87. The van der Waals surface area contributed by atoms with Crippen molar-refractivity contribution in [2.45, 2.75) is 0 Å². The van der Waals surface area contributed by atoms with Crippen molar-refractivity contribution in [1.29, 1.82) is 0 Å². The molecule has 0 saturated carbocycles. The van der Waals surface area contributed by atoms with Gasteiger partial charge in [0.05, 0.1) is 6.61 Å². The van der Waals surface area contributed by atoms with E-state index in [1.165, 1.54) is 0 Å². The zero-order chi connectivity index (χ0) is 7.28. The van der Waals surface area contributed by atoms with E-state index in [0.717, 1.165) is 5.57 Å². The molecule has 0 unspecified atom stereocenters. The van der Waals surface area contributed by atoms with Crippen LogP contribution < -0.4 is 0 Å². The summed E-state index contributed by atoms with van der Waals surface area (Å²) in [5.74, 6) is 0. The molecule has 9 heavy (non-hydrogen) atoms. The topological polar surface area (TPSA) is 20.2 Å². The smallest absolute Gasteiger partial charge is 0.0692 e. The third-order valence-corrected chi connectivity index (χ3v) is 1.35. The molecule has 0 aromatic rings. The molecule has 2 heteroatoms. The molecule has 1 nitrogen and oxygen atoms in total. The largest absolute Gasteiger partial charge is 0.392 e. The van der Waals surface area contributed by atoms with E-state index >= 15 is 0 Å². The molecule has 0 rings (SSSR count). The van der Waals surface area contributed by atoms with E-state index < -0.39 is 0 Å². The number of aliphatic hydroxyl groups is 1. The summed E-state index contributed by atoms with van der Waals surface area (Å²) in [5.41, 5.74) is 0.755. The van der Waals surface area contributed by atoms with E-state index in [1.54, 1.807) is 12.2 Å². The Kier molecular flexibility index (Phi) is 4.36. The van der Waals surface area contributed by atoms with Gasteiger partial charge in [-0.25, -0.2) is 0 Å². The predicted molar refractivity (Wildman–Crippen MR) is 43.4 cm³/mol. The predicted octanol–water partition coefficient (Wildman–Crippen LogP) is 2.00. The number of hydrogen-bond acceptors (Lipinski definition) is 1. The van der Waals surface area contributed by atoms with Crippen LogP contribution in [0.15, 0.2) is 35.4 Å². The third-order valence-electron chi connectivity index (χ3n) is 0.838. The zero-order valence-corrected chi connectivity index (χ0v) is 6.69. The number of allylic oxidation sites excluding steroid dienone is 2. The highest BCUT2D eigenvalue weighted by Crippen LogP contribution is 2.12. The summed E-state index contributed by atoms with van der Waals surface area (Å²) in [6.45, 7) is 7.06. The Labute approximate surface area is 63.5 Å². The van der Waals surface area contributed by atoms with Crippen molar-refractivity contribution in [3.05, 3.63) is 35.4 Å². The standard InChI is InChI=1S/C7H9BrO/c1-3-4-7(5-9)6(2)8/h3-4,9H,1-2,5H2/b7-4-. The number of rotatable bonds is 3. The van der Waals surface area contributed by atoms with Crippen molar-refractivity contribution in [1.82, 2.24) is 0 Å². The van der Waals surface area contributed by atoms with Crippen LogP contribution in [0.2, 0.25) is 0 Å². The van der Waals surface area contributed by atoms with Crippen molar-refractivity contribution in [3.63, 3.8) is 0 Å². The lowest BCUT2D eigenvalue weighted by Gasteiger charge is -1.96. The molecule has 0 heterocycles. The summed E-state index contributed by atoms with van der Waals surface area (Å²) in [4.78, 5) is 0. The monoisotopic (exact) mass is 188 g/mol. The molecule has 0 radical (unpaired) electrons. The Balaban J connectivity index is 4.14. The minimum Gasteiger partial charge on any atom is -0.392 e. The fraction of sp³-hybridized carbons (Fsp3) is 0.143. The second-order valence-electron chi connectivity index (χ2n) is 1.49. The van der Waals surface area contributed by atoms with Crippen molar-refractivity contribution < 1.29 is 5.11 Å². The molecule has 0 aliphatic rings. The summed E-state index contributed by atoms with van der Waals surface area (Å²) in [7, 11) is 0. The quantitative estimate of drug-likeness (QED) is 0.673. The highest BCUT2D eigenvalue weighted by molar-refractivity contribution is 9.11. The minimum absolute atomic E-state index is 0.00387. The molecule has 0 aliphatic carbocycles. The van der Waals surface area contributed by atoms with Gasteiger partial charge in [-0.2, -0.15) is 0 Å². The summed E-state index contributed by atoms with van der Waals surface area (Å²) in [6.07, 6.45) is 3.31. The normalized spacial score (nSPS) is 11.1. The fourth-order valence-corrected chi connectivity index (χ4v) is 0.629. The highest BCUT2D eigenvalue weighted by Gasteiger charge is 1.93. The lowest BCUT2D eigenvalue weighted by atomic mass is 10.2. The molecule has 0 spiro atoms. The first-order chi connectivity index (χ1) is 4.22. The molecule has 50 valence electrons. The summed E-state index contributed by atoms with van der Waals surface area (Å²) in [5, 5.41) is 8.62. The number of aliphatic hydroxyl groups excluding tert-OH is 1. The molecule has 0 atom stereocenters. The zero-order valence-electron chi connectivity index (χ0n) is 5.10. The number of halogens is 1. The van der Waals surface area contributed by atoms with Gasteiger partial charge in [0.15, 0.2) is 0 Å². The van der Waals surface area contributed by atoms with Crippen LogP contribution in [0.25, 0.3) is 0 Å². The highest BCUT2D eigenvalue weighted by atomic mass is 79.9. The summed E-state index contributed by atoms with van der Waals surface area (Å²) < 4.78 is 0.699. The Bertz CT molecular complexity index is 147. The Morgan fingerprint density at radius 1 is 1.67 bits per heavy atom. The molecular weight excluding hydrogens is 180 g/mol. The van der Waals surface area contributed by atoms with Gasteiger partial charge in [0.25, 0.3) is 0 Å². The molecule has 0 aromatic heterocycles. The Morgan fingerprint density at radius 2 is 2.22 bits per heavy atom. The average molecular weight is 189 g/mol. The first-order valence-corrected chi connectivity index (χ1v) is 3.29. The van der Waals surface area contributed by atoms with Gasteiger partial charge in [-0.15, -0.1) is 0 Å². The maximum absolute atomic E-state index is 8.62. The Hall–Kier alpha value is -0.340. The van der Waals surface area contributed by atoms with E-state index in [1.807, 2.05) is 0 Å². The molecule has 0 aromatic carbocycles. The Morgan fingerprint density at radius 3 is 2.33 bits per heavy atom. The van der Waals surface area contributed by atoms with Crippen molar-refractivity contribution in [2.75, 3.05) is 6.61 Å². The van der Waals surface area contributed by atoms with Crippen molar-refractivity contribution in [3.8, 4) is 0 Å². The van der Waals surface area contributed by atoms with Crippen LogP contribution in [-0.2, 0) is 0 Å². The van der Waals surface area contributed by atoms with Gasteiger partial charge in [-0.1, -0.05) is 41.2 Å². The van der Waals surface area contributed by atoms with Crippen LogP contribution in [0.1, 0.15) is 0 Å². The number of hydrogen-bond donors (Lipinski definition) is 1. The van der Waals surface area contributed by atoms with E-state index in [-0.39, 0.29) is 6.61 Å². The maximum atomic E-state index is 8.62. The van der Waals surface area contributed by atoms with Crippen LogP contribution in [0.3, 0.4) is 0 Å². The van der Waals surface area contributed by atoms with E-state index in [9.17, 15) is 0 Å². The van der Waals surface area contributed by atoms with Gasteiger partial charge in [-0.3, -0.25) is 0 Å². The lowest BCUT2D eigenvalue weighted by molar-refractivity contribution is 0.334. The van der Waals surface area contributed by atoms with E-state index in [2.05, 4.69) is 29.1 Å². The van der Waals surface area contributed by atoms with Gasteiger partial charge in [-0.05, 0) is 5.57 Å². The van der Waals surface area contributed by atoms with Gasteiger partial charge >= 0.3 is 0 Å². The second-order valence-corrected chi connectivity index (χ2v) is 2.45. The summed E-state index contributed by atoms with van der Waals surface area (Å²) in [6, 6.07) is 0. The van der Waals surface area contributed by atoms with Crippen LogP contribution >= 0.6 is 15.9 Å². The van der Waals surface area contributed by atoms with Crippen molar-refractivity contribution >= 4 is 15.9 Å². The van der Waals surface area contributed by atoms with Gasteiger partial charge < -0.3 is 5.11 Å². The van der Waals surface area contributed by atoms with Gasteiger partial charge in [0, 0.05) is 4.48 Å². The first kappa shape index (κ1) is 8.66. The van der Waals surface area contributed by atoms with E-state index in [4.69, 9.17) is 5.11 Å². The summed E-state index contributed by atoms with van der Waals surface area (Å²) >= 11 is 3.13. The molecule has 0 aliphatic heterocycles. The van der Waals surface area contributed by atoms with E-state index in [0.29, 0.717) is 4.48 Å². The molecule has 0 saturated heterocycles. The van der Waals surface area contributed by atoms with Crippen LogP contribution in [0, 0.1) is 0 Å². The fourth-order valence-electron chi connectivity index (χ4n) is 0.371. The first-order valence-electron chi connectivity index (χ1n) is 2.49. The minimum atomic E-state index is -0.00387. The molecule has 0 bridgehead atoms. The van der Waals surface area contributed by atoms with Crippen LogP contribution in [-0.4, -0.2) is 11.7 Å². The van der Waals surface area contributed by atoms with Gasteiger partial charge in [0.1, 0.15) is 0 Å². The SMILES string of the molecule is C=C/C=C(/CO)C(=C)Br. The molecule has 1 N–H and O–H groups in total. The van der Waals surface area contributed by atoms with Crippen molar-refractivity contribution in [2.24, 2.45) is 0 Å². The average Bonchev–Trinajstić information content (AvgIpc) is 1.82. The maximum Gasteiger partial charge on any atom is 0.0692 e. The molecule has 0 fully saturated rings. The second kappa shape index (κ2) is 4.53. The molecular formula is C7H9BrO.